The minimum Gasteiger partial charge on any atom is -0.481 e. The lowest BCUT2D eigenvalue weighted by molar-refractivity contribution is -0.147. The van der Waals surface area contributed by atoms with Crippen LogP contribution in [0.5, 0.6) is 0 Å². The molecule has 0 amide bonds. The van der Waals surface area contributed by atoms with Gasteiger partial charge in [0.15, 0.2) is 0 Å². The summed E-state index contributed by atoms with van der Waals surface area (Å²) >= 11 is 0. The van der Waals surface area contributed by atoms with Crippen LogP contribution < -0.4 is 0 Å². The van der Waals surface area contributed by atoms with E-state index in [1.165, 1.54) is 51.4 Å². The Morgan fingerprint density at radius 3 is 1.54 bits per heavy atom. The van der Waals surface area contributed by atoms with Crippen molar-refractivity contribution in [2.75, 3.05) is 0 Å². The highest BCUT2D eigenvalue weighted by atomic mass is 16.5. The molecule has 262 valence electrons. The molecule has 0 heterocycles. The normalized spacial score (nSPS) is 13.1. The third-order valence-electron chi connectivity index (χ3n) is 7.90. The number of carbonyl (C=O) groups excluding carboxylic acids is 1. The number of carboxylic acids is 1. The van der Waals surface area contributed by atoms with Crippen molar-refractivity contribution >= 4 is 11.9 Å². The van der Waals surface area contributed by atoms with Gasteiger partial charge >= 0.3 is 11.9 Å². The van der Waals surface area contributed by atoms with Crippen LogP contribution in [0, 0.1) is 0 Å². The van der Waals surface area contributed by atoms with E-state index in [9.17, 15) is 9.59 Å². The SMILES string of the molecule is CC/C=C\C/C=C\C/C=C\C(CCCCCCCCC(=O)O)OC(=O)CCCCCCCC/C=C\C/C=C\C/C=C\CCCCC. The molecule has 0 aliphatic carbocycles. The van der Waals surface area contributed by atoms with E-state index in [1.807, 2.05) is 0 Å². The Morgan fingerprint density at radius 2 is 0.978 bits per heavy atom. The smallest absolute Gasteiger partial charge is 0.306 e. The molecule has 0 bridgehead atoms. The van der Waals surface area contributed by atoms with Crippen LogP contribution in [0.1, 0.15) is 174 Å². The van der Waals surface area contributed by atoms with Crippen molar-refractivity contribution in [3.05, 3.63) is 72.9 Å². The van der Waals surface area contributed by atoms with E-state index in [-0.39, 0.29) is 18.5 Å². The van der Waals surface area contributed by atoms with Crippen LogP contribution >= 0.6 is 0 Å². The van der Waals surface area contributed by atoms with Crippen molar-refractivity contribution in [1.82, 2.24) is 0 Å². The first kappa shape index (κ1) is 43.4. The molecule has 0 aromatic carbocycles. The molecule has 0 saturated heterocycles. The maximum atomic E-state index is 12.6. The number of carboxylic acid groups (broad SMARTS) is 1. The van der Waals surface area contributed by atoms with Crippen molar-refractivity contribution in [3.8, 4) is 0 Å². The third kappa shape index (κ3) is 35.9. The van der Waals surface area contributed by atoms with Gasteiger partial charge in [0.25, 0.3) is 0 Å². The highest BCUT2D eigenvalue weighted by molar-refractivity contribution is 5.69. The number of allylic oxidation sites excluding steroid dienone is 11. The second-order valence-corrected chi connectivity index (χ2v) is 12.4. The van der Waals surface area contributed by atoms with E-state index < -0.39 is 5.97 Å². The van der Waals surface area contributed by atoms with Crippen molar-refractivity contribution in [2.24, 2.45) is 0 Å². The number of carbonyl (C=O) groups is 2. The van der Waals surface area contributed by atoms with Gasteiger partial charge in [-0.15, -0.1) is 0 Å². The predicted octanol–water partition coefficient (Wildman–Crippen LogP) is 13.1. The molecular formula is C42H70O4. The van der Waals surface area contributed by atoms with E-state index in [0.29, 0.717) is 6.42 Å². The topological polar surface area (TPSA) is 63.6 Å². The first-order valence-electron chi connectivity index (χ1n) is 18.9. The van der Waals surface area contributed by atoms with E-state index in [2.05, 4.69) is 86.8 Å². The van der Waals surface area contributed by atoms with Gasteiger partial charge in [0.1, 0.15) is 6.10 Å². The molecule has 4 nitrogen and oxygen atoms in total. The van der Waals surface area contributed by atoms with E-state index >= 15 is 0 Å². The number of hydrogen-bond acceptors (Lipinski definition) is 3. The second-order valence-electron chi connectivity index (χ2n) is 12.4. The second kappa shape index (κ2) is 36.8. The number of unbranched alkanes of at least 4 members (excludes halogenated alkanes) is 14. The Hall–Kier alpha value is -2.62. The Morgan fingerprint density at radius 1 is 0.522 bits per heavy atom. The molecule has 1 unspecified atom stereocenters. The van der Waals surface area contributed by atoms with Crippen LogP contribution in [0.2, 0.25) is 0 Å². The number of hydrogen-bond donors (Lipinski definition) is 1. The molecule has 0 saturated carbocycles. The first-order chi connectivity index (χ1) is 22.6. The van der Waals surface area contributed by atoms with Gasteiger partial charge in [-0.2, -0.15) is 0 Å². The number of rotatable bonds is 33. The van der Waals surface area contributed by atoms with Crippen LogP contribution in [0.25, 0.3) is 0 Å². The minimum atomic E-state index is -0.710. The molecule has 0 spiro atoms. The van der Waals surface area contributed by atoms with E-state index in [1.54, 1.807) is 0 Å². The minimum absolute atomic E-state index is 0.0780. The molecule has 1 N–H and O–H groups in total. The predicted molar refractivity (Wildman–Crippen MR) is 199 cm³/mol. The average Bonchev–Trinajstić information content (AvgIpc) is 3.04. The van der Waals surface area contributed by atoms with Gasteiger partial charge in [0.2, 0.25) is 0 Å². The fourth-order valence-electron chi connectivity index (χ4n) is 5.12. The highest BCUT2D eigenvalue weighted by Gasteiger charge is 2.11. The molecule has 46 heavy (non-hydrogen) atoms. The van der Waals surface area contributed by atoms with Crippen LogP contribution in [-0.4, -0.2) is 23.1 Å². The molecule has 0 aliphatic heterocycles. The standard InChI is InChI=1S/C42H70O4/c1-3-5-7-9-11-13-14-15-16-17-18-19-20-21-22-23-25-31-35-39-42(45)46-40(36-32-28-24-12-10-8-6-4-2)37-33-29-26-27-30-34-38-41(43)44/h6,8,11-13,15-16,18-19,24,32,36,40H,3-5,7,9-10,14,17,20-23,25-31,33-35,37-39H2,1-2H3,(H,43,44)/b8-6-,13-11-,16-15-,19-18-,24-12-,36-32-. The Balaban J connectivity index is 4.09. The zero-order chi connectivity index (χ0) is 33.6. The summed E-state index contributed by atoms with van der Waals surface area (Å²) in [6.07, 6.45) is 52.2. The Bertz CT molecular complexity index is 861. The van der Waals surface area contributed by atoms with Crippen molar-refractivity contribution in [2.45, 2.75) is 180 Å². The number of aliphatic carboxylic acids is 1. The molecule has 0 aromatic rings. The first-order valence-corrected chi connectivity index (χ1v) is 18.9. The largest absolute Gasteiger partial charge is 0.481 e. The number of esters is 1. The van der Waals surface area contributed by atoms with Gasteiger partial charge < -0.3 is 9.84 Å². The van der Waals surface area contributed by atoms with Gasteiger partial charge in [-0.05, 0) is 89.5 Å². The summed E-state index contributed by atoms with van der Waals surface area (Å²) in [5.41, 5.74) is 0. The maximum absolute atomic E-state index is 12.6. The molecule has 0 fully saturated rings. The molecule has 0 aromatic heterocycles. The highest BCUT2D eigenvalue weighted by Crippen LogP contribution is 2.15. The fraction of sp³-hybridized carbons (Fsp3) is 0.667. The lowest BCUT2D eigenvalue weighted by Crippen LogP contribution is -2.16. The molecule has 0 aliphatic rings. The lowest BCUT2D eigenvalue weighted by Gasteiger charge is -2.14. The van der Waals surface area contributed by atoms with Crippen LogP contribution in [-0.2, 0) is 14.3 Å². The van der Waals surface area contributed by atoms with Crippen LogP contribution in [0.4, 0.5) is 0 Å². The van der Waals surface area contributed by atoms with Crippen molar-refractivity contribution in [3.63, 3.8) is 0 Å². The number of ether oxygens (including phenoxy) is 1. The Labute approximate surface area is 284 Å². The van der Waals surface area contributed by atoms with Gasteiger partial charge in [-0.3, -0.25) is 9.59 Å². The molecule has 4 heteroatoms. The summed E-state index contributed by atoms with van der Waals surface area (Å²) in [7, 11) is 0. The zero-order valence-corrected chi connectivity index (χ0v) is 29.9. The van der Waals surface area contributed by atoms with Gasteiger partial charge in [-0.25, -0.2) is 0 Å². The van der Waals surface area contributed by atoms with Crippen LogP contribution in [0.3, 0.4) is 0 Å². The maximum Gasteiger partial charge on any atom is 0.306 e. The van der Waals surface area contributed by atoms with E-state index in [4.69, 9.17) is 9.84 Å². The van der Waals surface area contributed by atoms with Crippen molar-refractivity contribution < 1.29 is 19.4 Å². The summed E-state index contributed by atoms with van der Waals surface area (Å²) in [5, 5.41) is 8.76. The fourth-order valence-corrected chi connectivity index (χ4v) is 5.12. The summed E-state index contributed by atoms with van der Waals surface area (Å²) in [6, 6.07) is 0. The monoisotopic (exact) mass is 639 g/mol. The van der Waals surface area contributed by atoms with Gasteiger partial charge in [0.05, 0.1) is 0 Å². The third-order valence-corrected chi connectivity index (χ3v) is 7.90. The summed E-state index contributed by atoms with van der Waals surface area (Å²) in [6.45, 7) is 4.39. The molecule has 0 radical (unpaired) electrons. The summed E-state index contributed by atoms with van der Waals surface area (Å²) in [5.74, 6) is -0.788. The molecule has 1 atom stereocenters. The zero-order valence-electron chi connectivity index (χ0n) is 29.9. The quantitative estimate of drug-likeness (QED) is 0.0441. The van der Waals surface area contributed by atoms with E-state index in [0.717, 1.165) is 96.3 Å². The Kier molecular flexibility index (Phi) is 34.7. The average molecular weight is 639 g/mol. The molecular weight excluding hydrogens is 568 g/mol. The van der Waals surface area contributed by atoms with Crippen molar-refractivity contribution in [1.29, 1.82) is 0 Å². The van der Waals surface area contributed by atoms with Crippen LogP contribution in [0.15, 0.2) is 72.9 Å². The van der Waals surface area contributed by atoms with Gasteiger partial charge in [-0.1, -0.05) is 145 Å². The molecule has 0 rings (SSSR count). The summed E-state index contributed by atoms with van der Waals surface area (Å²) < 4.78 is 5.88. The van der Waals surface area contributed by atoms with Gasteiger partial charge in [0, 0.05) is 12.8 Å². The lowest BCUT2D eigenvalue weighted by atomic mass is 10.1. The summed E-state index contributed by atoms with van der Waals surface area (Å²) in [4.78, 5) is 23.2.